The Kier molecular flexibility index (Phi) is 6.77. The summed E-state index contributed by atoms with van der Waals surface area (Å²) in [4.78, 5) is 17.8. The van der Waals surface area contributed by atoms with E-state index in [4.69, 9.17) is 9.47 Å². The van der Waals surface area contributed by atoms with Gasteiger partial charge < -0.3 is 14.8 Å². The van der Waals surface area contributed by atoms with Crippen LogP contribution in [0.4, 0.5) is 0 Å². The first-order valence-electron chi connectivity index (χ1n) is 12.5. The predicted molar refractivity (Wildman–Crippen MR) is 132 cm³/mol. The number of nitrogens with zero attached hydrogens (tertiary/aromatic N) is 2. The number of fused-ring (bicyclic) bond motifs is 1. The maximum Gasteiger partial charge on any atom is 0.231 e. The minimum absolute atomic E-state index is 0.0616. The first-order valence-corrected chi connectivity index (χ1v) is 12.5. The number of piperazine rings is 1. The van der Waals surface area contributed by atoms with Gasteiger partial charge in [-0.05, 0) is 48.1 Å². The van der Waals surface area contributed by atoms with E-state index in [1.54, 1.807) is 0 Å². The number of rotatable bonds is 6. The molecule has 2 aromatic carbocycles. The fraction of sp³-hybridized carbons (Fsp3) is 0.519. The van der Waals surface area contributed by atoms with Crippen molar-refractivity contribution in [3.63, 3.8) is 0 Å². The Bertz CT molecular complexity index is 1000. The van der Waals surface area contributed by atoms with Gasteiger partial charge in [0.2, 0.25) is 12.7 Å². The lowest BCUT2D eigenvalue weighted by Crippen LogP contribution is -2.68. The van der Waals surface area contributed by atoms with Gasteiger partial charge in [-0.15, -0.1) is 0 Å². The molecule has 2 N–H and O–H groups in total. The topological polar surface area (TPSA) is 66.1 Å². The standard InChI is InChI=1S/C27H36N4O3/c1-18(2)22-7-4-20(5-8-22)14-23-19(3)28-27(29-26(23)32)31-12-10-30(11-13-31)16-21-6-9-24-25(15-21)34-17-33-24/h4-9,15,18-19,23,27-28H,10-14,16-17H2,1-3H3,(H,29,32). The molecule has 3 aliphatic rings. The van der Waals surface area contributed by atoms with Gasteiger partial charge in [-0.3, -0.25) is 19.9 Å². The number of hydrogen-bond donors (Lipinski definition) is 2. The lowest BCUT2D eigenvalue weighted by molar-refractivity contribution is -0.132. The Morgan fingerprint density at radius 1 is 0.971 bits per heavy atom. The van der Waals surface area contributed by atoms with Crippen molar-refractivity contribution in [1.29, 1.82) is 0 Å². The van der Waals surface area contributed by atoms with Crippen LogP contribution in [0.5, 0.6) is 11.5 Å². The Hall–Kier alpha value is -2.61. The van der Waals surface area contributed by atoms with Gasteiger partial charge in [0.1, 0.15) is 6.29 Å². The van der Waals surface area contributed by atoms with Crippen molar-refractivity contribution in [1.82, 2.24) is 20.4 Å². The average Bonchev–Trinajstić information content (AvgIpc) is 3.30. The van der Waals surface area contributed by atoms with E-state index < -0.39 is 0 Å². The summed E-state index contributed by atoms with van der Waals surface area (Å²) in [6.07, 6.45) is 0.656. The first-order chi connectivity index (χ1) is 16.5. The van der Waals surface area contributed by atoms with Crippen LogP contribution in [0.15, 0.2) is 42.5 Å². The second kappa shape index (κ2) is 9.94. The lowest BCUT2D eigenvalue weighted by atomic mass is 9.89. The van der Waals surface area contributed by atoms with Crippen LogP contribution in [-0.2, 0) is 17.8 Å². The van der Waals surface area contributed by atoms with Gasteiger partial charge in [-0.2, -0.15) is 0 Å². The molecule has 0 bridgehead atoms. The van der Waals surface area contributed by atoms with E-state index in [9.17, 15) is 4.79 Å². The third-order valence-corrected chi connectivity index (χ3v) is 7.36. The molecule has 1 amide bonds. The van der Waals surface area contributed by atoms with Gasteiger partial charge in [-0.1, -0.05) is 44.2 Å². The van der Waals surface area contributed by atoms with E-state index in [0.717, 1.165) is 50.6 Å². The molecule has 0 aromatic heterocycles. The fourth-order valence-electron chi connectivity index (χ4n) is 5.11. The number of carbonyl (C=O) groups is 1. The van der Waals surface area contributed by atoms with Crippen molar-refractivity contribution in [2.24, 2.45) is 5.92 Å². The third kappa shape index (κ3) is 5.06. The molecule has 0 aliphatic carbocycles. The maximum atomic E-state index is 13.0. The molecule has 3 heterocycles. The predicted octanol–water partition coefficient (Wildman–Crippen LogP) is 2.91. The van der Waals surface area contributed by atoms with E-state index in [1.807, 2.05) is 6.07 Å². The van der Waals surface area contributed by atoms with Crippen LogP contribution in [0.2, 0.25) is 0 Å². The van der Waals surface area contributed by atoms with Crippen LogP contribution in [-0.4, -0.2) is 61.0 Å². The fourth-order valence-corrected chi connectivity index (χ4v) is 5.11. The summed E-state index contributed by atoms with van der Waals surface area (Å²) in [7, 11) is 0. The molecule has 3 atom stereocenters. The molecule has 7 nitrogen and oxygen atoms in total. The van der Waals surface area contributed by atoms with Crippen molar-refractivity contribution >= 4 is 5.91 Å². The zero-order valence-corrected chi connectivity index (χ0v) is 20.4. The normalized spacial score (nSPS) is 25.5. The Balaban J connectivity index is 1.12. The highest BCUT2D eigenvalue weighted by atomic mass is 16.7. The molecule has 0 spiro atoms. The van der Waals surface area contributed by atoms with Crippen molar-refractivity contribution in [2.45, 2.75) is 52.0 Å². The Morgan fingerprint density at radius 2 is 1.68 bits per heavy atom. The first kappa shape index (κ1) is 23.1. The van der Waals surface area contributed by atoms with Crippen molar-refractivity contribution < 1.29 is 14.3 Å². The summed E-state index contributed by atoms with van der Waals surface area (Å²) >= 11 is 0. The molecular weight excluding hydrogens is 428 g/mol. The number of benzene rings is 2. The molecule has 0 radical (unpaired) electrons. The van der Waals surface area contributed by atoms with E-state index in [1.165, 1.54) is 16.7 Å². The van der Waals surface area contributed by atoms with Crippen LogP contribution in [0.1, 0.15) is 43.4 Å². The number of ether oxygens (including phenoxy) is 2. The van der Waals surface area contributed by atoms with Crippen molar-refractivity contribution in [3.8, 4) is 11.5 Å². The summed E-state index contributed by atoms with van der Waals surface area (Å²) in [5.74, 6) is 2.27. The highest BCUT2D eigenvalue weighted by Crippen LogP contribution is 2.33. The van der Waals surface area contributed by atoms with Gasteiger partial charge in [-0.25, -0.2) is 0 Å². The van der Waals surface area contributed by atoms with Crippen LogP contribution < -0.4 is 20.1 Å². The lowest BCUT2D eigenvalue weighted by Gasteiger charge is -2.44. The van der Waals surface area contributed by atoms with Gasteiger partial charge in [0, 0.05) is 38.8 Å². The summed E-state index contributed by atoms with van der Waals surface area (Å²) in [6, 6.07) is 15.0. The molecule has 2 saturated heterocycles. The summed E-state index contributed by atoms with van der Waals surface area (Å²) in [5.41, 5.74) is 3.79. The van der Waals surface area contributed by atoms with E-state index in [2.05, 4.69) is 77.6 Å². The Labute approximate surface area is 202 Å². The summed E-state index contributed by atoms with van der Waals surface area (Å²) < 4.78 is 10.9. The second-order valence-electron chi connectivity index (χ2n) is 10.1. The van der Waals surface area contributed by atoms with Crippen LogP contribution in [0.25, 0.3) is 0 Å². The van der Waals surface area contributed by atoms with E-state index >= 15 is 0 Å². The molecule has 2 fully saturated rings. The minimum Gasteiger partial charge on any atom is -0.454 e. The second-order valence-corrected chi connectivity index (χ2v) is 10.1. The van der Waals surface area contributed by atoms with E-state index in [0.29, 0.717) is 12.7 Å². The molecule has 182 valence electrons. The molecule has 2 aromatic rings. The largest absolute Gasteiger partial charge is 0.454 e. The van der Waals surface area contributed by atoms with Gasteiger partial charge in [0.05, 0.1) is 5.92 Å². The van der Waals surface area contributed by atoms with E-state index in [-0.39, 0.29) is 24.2 Å². The molecular formula is C27H36N4O3. The van der Waals surface area contributed by atoms with Crippen LogP contribution in [0, 0.1) is 5.92 Å². The van der Waals surface area contributed by atoms with Gasteiger partial charge in [0.15, 0.2) is 11.5 Å². The number of carbonyl (C=O) groups excluding carboxylic acids is 1. The van der Waals surface area contributed by atoms with Crippen molar-refractivity contribution in [3.05, 3.63) is 59.2 Å². The summed E-state index contributed by atoms with van der Waals surface area (Å²) in [5, 5.41) is 6.89. The highest BCUT2D eigenvalue weighted by molar-refractivity contribution is 5.80. The monoisotopic (exact) mass is 464 g/mol. The molecule has 3 unspecified atom stereocenters. The molecule has 7 heteroatoms. The number of amides is 1. The quantitative estimate of drug-likeness (QED) is 0.685. The smallest absolute Gasteiger partial charge is 0.231 e. The molecule has 0 saturated carbocycles. The van der Waals surface area contributed by atoms with Crippen LogP contribution >= 0.6 is 0 Å². The minimum atomic E-state index is -0.102. The Morgan fingerprint density at radius 3 is 2.38 bits per heavy atom. The average molecular weight is 465 g/mol. The molecule has 3 aliphatic heterocycles. The molecule has 5 rings (SSSR count). The van der Waals surface area contributed by atoms with Gasteiger partial charge in [0.25, 0.3) is 0 Å². The summed E-state index contributed by atoms with van der Waals surface area (Å²) in [6.45, 7) is 11.5. The zero-order chi connectivity index (χ0) is 23.7. The highest BCUT2D eigenvalue weighted by Gasteiger charge is 2.36. The number of hydrogen-bond acceptors (Lipinski definition) is 6. The number of nitrogens with one attached hydrogen (secondary N) is 2. The third-order valence-electron chi connectivity index (χ3n) is 7.36. The molecule has 34 heavy (non-hydrogen) atoms. The van der Waals surface area contributed by atoms with Crippen LogP contribution in [0.3, 0.4) is 0 Å². The zero-order valence-electron chi connectivity index (χ0n) is 20.4. The SMILES string of the molecule is CC(C)c1ccc(CC2C(=O)NC(N3CCN(Cc4ccc5c(c4)OCO5)CC3)NC2C)cc1. The van der Waals surface area contributed by atoms with Crippen molar-refractivity contribution in [2.75, 3.05) is 33.0 Å². The maximum absolute atomic E-state index is 13.0. The van der Waals surface area contributed by atoms with Gasteiger partial charge >= 0.3 is 0 Å².